The number of carbonyl (C=O) groups is 1. The Morgan fingerprint density at radius 1 is 1.03 bits per heavy atom. The molecule has 0 aliphatic rings. The van der Waals surface area contributed by atoms with Crippen molar-refractivity contribution in [3.63, 3.8) is 0 Å². The van der Waals surface area contributed by atoms with E-state index in [-0.39, 0.29) is 5.91 Å². The first-order valence-electron chi connectivity index (χ1n) is 8.85. The van der Waals surface area contributed by atoms with Gasteiger partial charge in [-0.3, -0.25) is 4.79 Å². The molecule has 4 rings (SSSR count). The lowest BCUT2D eigenvalue weighted by Gasteiger charge is -2.09. The molecule has 0 fully saturated rings. The number of amides is 1. The maximum Gasteiger partial charge on any atom is 0.255 e. The van der Waals surface area contributed by atoms with Crippen molar-refractivity contribution < 1.29 is 9.53 Å². The molecular weight excluding hydrogens is 368 g/mol. The van der Waals surface area contributed by atoms with E-state index in [1.54, 1.807) is 43.5 Å². The zero-order chi connectivity index (χ0) is 20.2. The zero-order valence-corrected chi connectivity index (χ0v) is 15.6. The molecule has 1 amide bonds. The van der Waals surface area contributed by atoms with E-state index < -0.39 is 0 Å². The molecule has 0 saturated heterocycles. The molecule has 0 saturated carbocycles. The average Bonchev–Trinajstić information content (AvgIpc) is 3.25. The van der Waals surface area contributed by atoms with Gasteiger partial charge in [-0.25, -0.2) is 0 Å². The van der Waals surface area contributed by atoms with Crippen molar-refractivity contribution in [1.82, 2.24) is 20.2 Å². The highest BCUT2D eigenvalue weighted by atomic mass is 16.5. The van der Waals surface area contributed by atoms with Crippen LogP contribution in [0, 0.1) is 0 Å². The van der Waals surface area contributed by atoms with Crippen molar-refractivity contribution in [2.24, 2.45) is 0 Å². The van der Waals surface area contributed by atoms with Crippen LogP contribution in [0.2, 0.25) is 0 Å². The maximum absolute atomic E-state index is 12.6. The van der Waals surface area contributed by atoms with Crippen LogP contribution >= 0.6 is 0 Å². The van der Waals surface area contributed by atoms with Gasteiger partial charge in [0, 0.05) is 22.9 Å². The molecule has 4 aromatic rings. The van der Waals surface area contributed by atoms with Gasteiger partial charge < -0.3 is 15.8 Å². The summed E-state index contributed by atoms with van der Waals surface area (Å²) >= 11 is 0. The highest BCUT2D eigenvalue weighted by molar-refractivity contribution is 6.06. The van der Waals surface area contributed by atoms with E-state index in [0.717, 1.165) is 0 Å². The van der Waals surface area contributed by atoms with E-state index in [4.69, 9.17) is 10.5 Å². The smallest absolute Gasteiger partial charge is 0.255 e. The van der Waals surface area contributed by atoms with Crippen molar-refractivity contribution in [2.45, 2.75) is 0 Å². The molecule has 0 aliphatic carbocycles. The van der Waals surface area contributed by atoms with Crippen LogP contribution in [0.4, 0.5) is 11.4 Å². The average molecular weight is 386 g/mol. The monoisotopic (exact) mass is 386 g/mol. The lowest BCUT2D eigenvalue weighted by molar-refractivity contribution is 0.102. The zero-order valence-electron chi connectivity index (χ0n) is 15.6. The lowest BCUT2D eigenvalue weighted by Crippen LogP contribution is -2.12. The first-order chi connectivity index (χ1) is 14.1. The van der Waals surface area contributed by atoms with Gasteiger partial charge in [-0.1, -0.05) is 18.2 Å². The van der Waals surface area contributed by atoms with Gasteiger partial charge in [-0.15, -0.1) is 15.0 Å². The van der Waals surface area contributed by atoms with Crippen LogP contribution in [0.25, 0.3) is 17.1 Å². The number of tetrazole rings is 1. The summed E-state index contributed by atoms with van der Waals surface area (Å²) in [5.74, 6) is 0.830. The third kappa shape index (κ3) is 3.91. The van der Waals surface area contributed by atoms with E-state index in [9.17, 15) is 4.79 Å². The minimum atomic E-state index is -0.252. The molecule has 29 heavy (non-hydrogen) atoms. The fourth-order valence-corrected chi connectivity index (χ4v) is 2.78. The van der Waals surface area contributed by atoms with Gasteiger partial charge in [0.2, 0.25) is 5.82 Å². The van der Waals surface area contributed by atoms with Crippen LogP contribution in [0.15, 0.2) is 72.8 Å². The SMILES string of the molecule is COc1cccc(-n2nnc(-c3ccccc3NC(=O)c3ccc(N)cc3)n2)c1. The van der Waals surface area contributed by atoms with Gasteiger partial charge in [-0.2, -0.15) is 0 Å². The predicted octanol–water partition coefficient (Wildman–Crippen LogP) is 3.17. The van der Waals surface area contributed by atoms with Gasteiger partial charge >= 0.3 is 0 Å². The molecule has 8 heteroatoms. The van der Waals surface area contributed by atoms with Crippen LogP contribution < -0.4 is 15.8 Å². The summed E-state index contributed by atoms with van der Waals surface area (Å²) in [4.78, 5) is 14.0. The van der Waals surface area contributed by atoms with Gasteiger partial charge in [0.05, 0.1) is 18.5 Å². The maximum atomic E-state index is 12.6. The summed E-state index contributed by atoms with van der Waals surface area (Å²) in [6.45, 7) is 0. The summed E-state index contributed by atoms with van der Waals surface area (Å²) in [7, 11) is 1.60. The van der Waals surface area contributed by atoms with E-state index in [1.807, 2.05) is 36.4 Å². The molecule has 3 aromatic carbocycles. The number of para-hydroxylation sites is 1. The van der Waals surface area contributed by atoms with Crippen LogP contribution in [0.1, 0.15) is 10.4 Å². The topological polar surface area (TPSA) is 108 Å². The predicted molar refractivity (Wildman–Crippen MR) is 110 cm³/mol. The first kappa shape index (κ1) is 18.2. The van der Waals surface area contributed by atoms with Crippen LogP contribution in [0.5, 0.6) is 5.75 Å². The summed E-state index contributed by atoms with van der Waals surface area (Å²) in [5, 5.41) is 15.6. The second kappa shape index (κ2) is 7.81. The number of rotatable bonds is 5. The summed E-state index contributed by atoms with van der Waals surface area (Å²) in [6, 6.07) is 21.3. The fourth-order valence-electron chi connectivity index (χ4n) is 2.78. The summed E-state index contributed by atoms with van der Waals surface area (Å²) in [5.41, 5.74) is 8.74. The number of hydrogen-bond donors (Lipinski definition) is 2. The molecule has 3 N–H and O–H groups in total. The summed E-state index contributed by atoms with van der Waals surface area (Å²) < 4.78 is 5.24. The molecule has 0 radical (unpaired) electrons. The molecule has 0 atom stereocenters. The Bertz CT molecular complexity index is 1150. The van der Waals surface area contributed by atoms with Crippen LogP contribution in [-0.4, -0.2) is 33.2 Å². The van der Waals surface area contributed by atoms with Crippen molar-refractivity contribution in [3.8, 4) is 22.8 Å². The molecule has 1 aromatic heterocycles. The fraction of sp³-hybridized carbons (Fsp3) is 0.0476. The Hall–Kier alpha value is -4.20. The number of aromatic nitrogens is 4. The number of benzene rings is 3. The molecule has 0 spiro atoms. The number of methoxy groups -OCH3 is 1. The van der Waals surface area contributed by atoms with Gasteiger partial charge in [0.1, 0.15) is 5.75 Å². The number of carbonyl (C=O) groups excluding carboxylic acids is 1. The normalized spacial score (nSPS) is 10.5. The molecule has 0 bridgehead atoms. The Balaban J connectivity index is 1.62. The second-order valence-electron chi connectivity index (χ2n) is 6.23. The largest absolute Gasteiger partial charge is 0.497 e. The van der Waals surface area contributed by atoms with Crippen molar-refractivity contribution >= 4 is 17.3 Å². The number of nitrogens with one attached hydrogen (secondary N) is 1. The number of nitrogens with two attached hydrogens (primary N) is 1. The molecule has 0 aliphatic heterocycles. The molecule has 1 heterocycles. The van der Waals surface area contributed by atoms with Crippen molar-refractivity contribution in [3.05, 3.63) is 78.4 Å². The van der Waals surface area contributed by atoms with E-state index >= 15 is 0 Å². The lowest BCUT2D eigenvalue weighted by atomic mass is 10.1. The third-order valence-corrected chi connectivity index (χ3v) is 4.29. The Kier molecular flexibility index (Phi) is 4.90. The van der Waals surface area contributed by atoms with E-state index in [2.05, 4.69) is 20.7 Å². The molecule has 144 valence electrons. The first-order valence-corrected chi connectivity index (χ1v) is 8.85. The highest BCUT2D eigenvalue weighted by Crippen LogP contribution is 2.25. The van der Waals surface area contributed by atoms with Gasteiger partial charge in [0.25, 0.3) is 5.91 Å². The molecular formula is C21H18N6O2. The van der Waals surface area contributed by atoms with Gasteiger partial charge in [0.15, 0.2) is 0 Å². The minimum absolute atomic E-state index is 0.252. The standard InChI is InChI=1S/C21H18N6O2/c1-29-17-6-4-5-16(13-17)27-25-20(24-26-27)18-7-2-3-8-19(18)23-21(28)14-9-11-15(22)12-10-14/h2-13H,22H2,1H3,(H,23,28). The van der Waals surface area contributed by atoms with Crippen molar-refractivity contribution in [2.75, 3.05) is 18.2 Å². The Labute approximate surface area is 166 Å². The summed E-state index contributed by atoms with van der Waals surface area (Å²) in [6.07, 6.45) is 0. The van der Waals surface area contributed by atoms with Crippen LogP contribution in [0.3, 0.4) is 0 Å². The number of anilines is 2. The highest BCUT2D eigenvalue weighted by Gasteiger charge is 2.14. The quantitative estimate of drug-likeness (QED) is 0.510. The van der Waals surface area contributed by atoms with E-state index in [1.165, 1.54) is 4.80 Å². The second-order valence-corrected chi connectivity index (χ2v) is 6.23. The number of nitrogen functional groups attached to an aromatic ring is 1. The molecule has 0 unspecified atom stereocenters. The Morgan fingerprint density at radius 3 is 2.62 bits per heavy atom. The number of hydrogen-bond acceptors (Lipinski definition) is 6. The minimum Gasteiger partial charge on any atom is -0.497 e. The Morgan fingerprint density at radius 2 is 1.83 bits per heavy atom. The van der Waals surface area contributed by atoms with Crippen LogP contribution in [-0.2, 0) is 0 Å². The van der Waals surface area contributed by atoms with E-state index in [0.29, 0.717) is 39.8 Å². The number of ether oxygens (including phenoxy) is 1. The molecule has 8 nitrogen and oxygen atoms in total. The van der Waals surface area contributed by atoms with Crippen molar-refractivity contribution in [1.29, 1.82) is 0 Å². The third-order valence-electron chi connectivity index (χ3n) is 4.29. The number of nitrogens with zero attached hydrogens (tertiary/aromatic N) is 4. The van der Waals surface area contributed by atoms with Gasteiger partial charge in [-0.05, 0) is 53.7 Å².